The van der Waals surface area contributed by atoms with E-state index < -0.39 is 30.2 Å². The lowest BCUT2D eigenvalue weighted by Crippen LogP contribution is -2.38. The van der Waals surface area contributed by atoms with Crippen LogP contribution in [0.3, 0.4) is 0 Å². The van der Waals surface area contributed by atoms with Gasteiger partial charge in [0.1, 0.15) is 0 Å². The summed E-state index contributed by atoms with van der Waals surface area (Å²) in [6.07, 6.45) is -0.444. The fourth-order valence-electron chi connectivity index (χ4n) is 3.21. The van der Waals surface area contributed by atoms with Gasteiger partial charge in [-0.15, -0.1) is 0 Å². The van der Waals surface area contributed by atoms with Crippen molar-refractivity contribution in [3.63, 3.8) is 0 Å². The number of amides is 2. The Balaban J connectivity index is 2.01. The molecule has 26 heavy (non-hydrogen) atoms. The van der Waals surface area contributed by atoms with E-state index in [2.05, 4.69) is 20.8 Å². The van der Waals surface area contributed by atoms with Crippen LogP contribution in [-0.4, -0.2) is 22.7 Å². The molecule has 0 radical (unpaired) electrons. The van der Waals surface area contributed by atoms with Crippen molar-refractivity contribution in [2.75, 3.05) is 0 Å². The normalized spacial score (nSPS) is 15.1. The van der Waals surface area contributed by atoms with Gasteiger partial charge in [-0.05, 0) is 28.7 Å². The summed E-state index contributed by atoms with van der Waals surface area (Å²) in [5.74, 6) is -2.26. The number of rotatable bonds is 4. The molecule has 0 saturated heterocycles. The van der Waals surface area contributed by atoms with Crippen molar-refractivity contribution in [1.82, 2.24) is 4.90 Å². The number of carboxylic acids is 1. The predicted molar refractivity (Wildman–Crippen MR) is 94.4 cm³/mol. The molecule has 134 valence electrons. The smallest absolute Gasteiger partial charge is 0.262 e. The second-order valence-electron chi connectivity index (χ2n) is 7.49. The molecule has 0 N–H and O–H groups in total. The van der Waals surface area contributed by atoms with Crippen molar-refractivity contribution in [1.29, 1.82) is 0 Å². The van der Waals surface area contributed by atoms with Gasteiger partial charge < -0.3 is 9.90 Å². The first-order valence-electron chi connectivity index (χ1n) is 8.47. The topological polar surface area (TPSA) is 77.5 Å². The highest BCUT2D eigenvalue weighted by molar-refractivity contribution is 6.21. The molecule has 5 heteroatoms. The van der Waals surface area contributed by atoms with Crippen LogP contribution >= 0.6 is 0 Å². The molecule has 0 spiro atoms. The summed E-state index contributed by atoms with van der Waals surface area (Å²) in [6.45, 7) is 6.22. The summed E-state index contributed by atoms with van der Waals surface area (Å²) in [6, 6.07) is 13.0. The number of carboxylic acid groups (broad SMARTS) is 1. The fourth-order valence-corrected chi connectivity index (χ4v) is 3.21. The van der Waals surface area contributed by atoms with E-state index in [1.807, 2.05) is 12.1 Å². The number of imide groups is 1. The maximum Gasteiger partial charge on any atom is 0.262 e. The van der Waals surface area contributed by atoms with Crippen LogP contribution in [0.1, 0.15) is 65.1 Å². The maximum atomic E-state index is 12.7. The van der Waals surface area contributed by atoms with Gasteiger partial charge >= 0.3 is 0 Å². The minimum Gasteiger partial charge on any atom is -0.550 e. The Morgan fingerprint density at radius 2 is 1.46 bits per heavy atom. The van der Waals surface area contributed by atoms with Crippen LogP contribution in [0.5, 0.6) is 0 Å². The maximum absolute atomic E-state index is 12.7. The highest BCUT2D eigenvalue weighted by Crippen LogP contribution is 2.34. The van der Waals surface area contributed by atoms with Crippen LogP contribution in [0, 0.1) is 0 Å². The number of hydrogen-bond acceptors (Lipinski definition) is 4. The average molecular weight is 350 g/mol. The third-order valence-corrected chi connectivity index (χ3v) is 4.66. The van der Waals surface area contributed by atoms with Gasteiger partial charge in [-0.2, -0.15) is 0 Å². The van der Waals surface area contributed by atoms with Crippen molar-refractivity contribution in [2.24, 2.45) is 0 Å². The van der Waals surface area contributed by atoms with E-state index in [9.17, 15) is 19.5 Å². The van der Waals surface area contributed by atoms with Gasteiger partial charge in [0.2, 0.25) is 0 Å². The number of benzene rings is 2. The zero-order valence-corrected chi connectivity index (χ0v) is 15.0. The van der Waals surface area contributed by atoms with Crippen LogP contribution in [0.25, 0.3) is 0 Å². The molecule has 0 aromatic heterocycles. The van der Waals surface area contributed by atoms with Crippen molar-refractivity contribution >= 4 is 17.8 Å². The second kappa shape index (κ2) is 6.41. The van der Waals surface area contributed by atoms with Crippen LogP contribution in [0.15, 0.2) is 48.5 Å². The Morgan fingerprint density at radius 3 is 1.88 bits per heavy atom. The largest absolute Gasteiger partial charge is 0.550 e. The van der Waals surface area contributed by atoms with Gasteiger partial charge in [0.15, 0.2) is 0 Å². The zero-order valence-electron chi connectivity index (χ0n) is 15.0. The molecular formula is C21H20NO4-. The molecule has 5 nitrogen and oxygen atoms in total. The van der Waals surface area contributed by atoms with Gasteiger partial charge in [-0.25, -0.2) is 0 Å². The highest BCUT2D eigenvalue weighted by atomic mass is 16.4. The molecule has 0 fully saturated rings. The minimum absolute atomic E-state index is 0.0576. The molecule has 0 unspecified atom stereocenters. The molecule has 0 saturated carbocycles. The Labute approximate surface area is 152 Å². The third-order valence-electron chi connectivity index (χ3n) is 4.66. The Bertz CT molecular complexity index is 843. The molecule has 1 heterocycles. The molecule has 2 amide bonds. The second-order valence-corrected chi connectivity index (χ2v) is 7.49. The number of hydrogen-bond donors (Lipinski definition) is 0. The summed E-state index contributed by atoms with van der Waals surface area (Å²) in [5, 5.41) is 11.3. The Hall–Kier alpha value is -2.95. The summed E-state index contributed by atoms with van der Waals surface area (Å²) in [7, 11) is 0. The SMILES string of the molecule is CC(C)(C)c1ccc([C@H](CC(=O)[O-])N2C(=O)c3ccccc3C2=O)cc1. The third kappa shape index (κ3) is 3.12. The molecule has 1 aliphatic heterocycles. The first-order valence-corrected chi connectivity index (χ1v) is 8.47. The summed E-state index contributed by atoms with van der Waals surface area (Å²) >= 11 is 0. The van der Waals surface area contributed by atoms with Gasteiger partial charge in [-0.3, -0.25) is 14.5 Å². The molecule has 1 atom stereocenters. The van der Waals surface area contributed by atoms with Crippen molar-refractivity contribution in [3.8, 4) is 0 Å². The number of carbonyl (C=O) groups is 3. The zero-order chi connectivity index (χ0) is 19.1. The number of aliphatic carboxylic acids is 1. The van der Waals surface area contributed by atoms with E-state index in [4.69, 9.17) is 0 Å². The molecule has 0 aliphatic carbocycles. The molecule has 0 bridgehead atoms. The van der Waals surface area contributed by atoms with Gasteiger partial charge in [0, 0.05) is 12.4 Å². The molecular weight excluding hydrogens is 330 g/mol. The highest BCUT2D eigenvalue weighted by Gasteiger charge is 2.40. The summed E-state index contributed by atoms with van der Waals surface area (Å²) in [4.78, 5) is 37.8. The number of fused-ring (bicyclic) bond motifs is 1. The molecule has 2 aromatic carbocycles. The fraction of sp³-hybridized carbons (Fsp3) is 0.286. The standard InChI is InChI=1S/C21H21NO4/c1-21(2,3)14-10-8-13(9-11-14)17(12-18(23)24)22-19(25)15-6-4-5-7-16(15)20(22)26/h4-11,17H,12H2,1-3H3,(H,23,24)/p-1/t17-/m0/s1. The minimum atomic E-state index is -1.31. The van der Waals surface area contributed by atoms with Gasteiger partial charge in [-0.1, -0.05) is 57.2 Å². The van der Waals surface area contributed by atoms with E-state index in [0.717, 1.165) is 10.5 Å². The van der Waals surface area contributed by atoms with E-state index >= 15 is 0 Å². The van der Waals surface area contributed by atoms with Crippen molar-refractivity contribution < 1.29 is 19.5 Å². The quantitative estimate of drug-likeness (QED) is 0.794. The van der Waals surface area contributed by atoms with E-state index in [1.54, 1.807) is 36.4 Å². The molecule has 3 rings (SSSR count). The number of carbonyl (C=O) groups excluding carboxylic acids is 3. The van der Waals surface area contributed by atoms with Crippen LogP contribution in [0.2, 0.25) is 0 Å². The average Bonchev–Trinajstić information content (AvgIpc) is 2.84. The lowest BCUT2D eigenvalue weighted by atomic mass is 9.86. The first kappa shape index (κ1) is 17.9. The first-order chi connectivity index (χ1) is 12.2. The van der Waals surface area contributed by atoms with E-state index in [1.165, 1.54) is 0 Å². The Kier molecular flexibility index (Phi) is 4.40. The summed E-state index contributed by atoms with van der Waals surface area (Å²) < 4.78 is 0. The lowest BCUT2D eigenvalue weighted by Gasteiger charge is -2.28. The van der Waals surface area contributed by atoms with Gasteiger partial charge in [0.25, 0.3) is 11.8 Å². The van der Waals surface area contributed by atoms with E-state index in [-0.39, 0.29) is 5.41 Å². The summed E-state index contributed by atoms with van der Waals surface area (Å²) in [5.41, 5.74) is 2.21. The lowest BCUT2D eigenvalue weighted by molar-refractivity contribution is -0.306. The number of nitrogens with zero attached hydrogens (tertiary/aromatic N) is 1. The van der Waals surface area contributed by atoms with Crippen LogP contribution in [-0.2, 0) is 10.2 Å². The van der Waals surface area contributed by atoms with Crippen LogP contribution in [0.4, 0.5) is 0 Å². The van der Waals surface area contributed by atoms with Crippen molar-refractivity contribution in [3.05, 3.63) is 70.8 Å². The van der Waals surface area contributed by atoms with Gasteiger partial charge in [0.05, 0.1) is 17.2 Å². The monoisotopic (exact) mass is 350 g/mol. The Morgan fingerprint density at radius 1 is 0.962 bits per heavy atom. The molecule has 1 aliphatic rings. The van der Waals surface area contributed by atoms with E-state index in [0.29, 0.717) is 16.7 Å². The predicted octanol–water partition coefficient (Wildman–Crippen LogP) is 2.46. The molecule has 2 aromatic rings. The van der Waals surface area contributed by atoms with Crippen molar-refractivity contribution in [2.45, 2.75) is 38.6 Å². The van der Waals surface area contributed by atoms with Crippen LogP contribution < -0.4 is 5.11 Å².